The molecule has 3 rings (SSSR count). The van der Waals surface area contributed by atoms with Crippen LogP contribution in [-0.2, 0) is 6.18 Å². The molecule has 134 valence electrons. The van der Waals surface area contributed by atoms with Gasteiger partial charge in [0.25, 0.3) is 0 Å². The highest BCUT2D eigenvalue weighted by Crippen LogP contribution is 2.29. The van der Waals surface area contributed by atoms with E-state index in [0.717, 1.165) is 18.7 Å². The molecule has 0 bridgehead atoms. The summed E-state index contributed by atoms with van der Waals surface area (Å²) in [6, 6.07) is 2.47. The molecule has 2 aromatic rings. The maximum absolute atomic E-state index is 12.8. The number of methoxy groups -OCH3 is 1. The normalized spacial score (nSPS) is 17.6. The summed E-state index contributed by atoms with van der Waals surface area (Å²) in [6.07, 6.45) is -1.03. The Kier molecular flexibility index (Phi) is 4.60. The number of alkyl halides is 3. The van der Waals surface area contributed by atoms with E-state index in [9.17, 15) is 13.2 Å². The highest BCUT2D eigenvalue weighted by Gasteiger charge is 2.34. The fourth-order valence-corrected chi connectivity index (χ4v) is 2.68. The molecular weight excluding hydrogens is 337 g/mol. The number of hydrogen-bond acceptors (Lipinski definition) is 7. The van der Waals surface area contributed by atoms with Crippen LogP contribution in [0, 0.1) is 0 Å². The lowest BCUT2D eigenvalue weighted by Crippen LogP contribution is -2.36. The quantitative estimate of drug-likeness (QED) is 0.832. The van der Waals surface area contributed by atoms with Gasteiger partial charge in [0.05, 0.1) is 13.2 Å². The van der Waals surface area contributed by atoms with Crippen molar-refractivity contribution >= 4 is 11.9 Å². The van der Waals surface area contributed by atoms with Crippen LogP contribution in [0.2, 0.25) is 0 Å². The van der Waals surface area contributed by atoms with Crippen molar-refractivity contribution < 1.29 is 17.9 Å². The standard InChI is InChI=1S/C15H17F3N6O/c1-23(13-19-6-3-11(21-13)15(16,17)18)10-5-8-24(9-10)14-20-7-4-12(22-14)25-2/h3-4,6-7,10H,5,8-9H2,1-2H3. The molecule has 10 heteroatoms. The molecule has 1 aliphatic heterocycles. The molecule has 7 nitrogen and oxygen atoms in total. The van der Waals surface area contributed by atoms with Gasteiger partial charge in [-0.1, -0.05) is 0 Å². The van der Waals surface area contributed by atoms with E-state index in [4.69, 9.17) is 4.74 Å². The van der Waals surface area contributed by atoms with Crippen LogP contribution in [0.5, 0.6) is 5.88 Å². The predicted octanol–water partition coefficient (Wildman–Crippen LogP) is 2.01. The first-order valence-electron chi connectivity index (χ1n) is 7.63. The van der Waals surface area contributed by atoms with Gasteiger partial charge in [0.2, 0.25) is 17.8 Å². The molecular formula is C15H17F3N6O. The van der Waals surface area contributed by atoms with Crippen LogP contribution in [0.15, 0.2) is 24.5 Å². The Morgan fingerprint density at radius 3 is 2.68 bits per heavy atom. The van der Waals surface area contributed by atoms with Crippen LogP contribution < -0.4 is 14.5 Å². The Bertz CT molecular complexity index is 741. The Morgan fingerprint density at radius 1 is 1.20 bits per heavy atom. The molecule has 1 atom stereocenters. The Hall–Kier alpha value is -2.65. The summed E-state index contributed by atoms with van der Waals surface area (Å²) < 4.78 is 43.5. The third-order valence-electron chi connectivity index (χ3n) is 4.07. The van der Waals surface area contributed by atoms with Gasteiger partial charge >= 0.3 is 6.18 Å². The van der Waals surface area contributed by atoms with Gasteiger partial charge in [0, 0.05) is 38.6 Å². The number of halogens is 3. The number of aromatic nitrogens is 4. The molecule has 3 heterocycles. The highest BCUT2D eigenvalue weighted by atomic mass is 19.4. The number of rotatable bonds is 4. The van der Waals surface area contributed by atoms with Gasteiger partial charge in [0.15, 0.2) is 0 Å². The van der Waals surface area contributed by atoms with E-state index in [-0.39, 0.29) is 12.0 Å². The van der Waals surface area contributed by atoms with Crippen LogP contribution in [0.4, 0.5) is 25.1 Å². The first kappa shape index (κ1) is 17.2. The lowest BCUT2D eigenvalue weighted by Gasteiger charge is -2.25. The summed E-state index contributed by atoms with van der Waals surface area (Å²) in [5, 5.41) is 0. The van der Waals surface area contributed by atoms with Crippen molar-refractivity contribution in [2.45, 2.75) is 18.6 Å². The first-order chi connectivity index (χ1) is 11.9. The maximum Gasteiger partial charge on any atom is 0.433 e. The van der Waals surface area contributed by atoms with Crippen molar-refractivity contribution in [2.75, 3.05) is 37.0 Å². The molecule has 1 aliphatic rings. The van der Waals surface area contributed by atoms with Crippen molar-refractivity contribution in [3.63, 3.8) is 0 Å². The molecule has 0 N–H and O–H groups in total. The van der Waals surface area contributed by atoms with E-state index < -0.39 is 11.9 Å². The smallest absolute Gasteiger partial charge is 0.433 e. The van der Waals surface area contributed by atoms with Gasteiger partial charge in [-0.05, 0) is 12.5 Å². The third kappa shape index (κ3) is 3.72. The zero-order chi connectivity index (χ0) is 18.0. The van der Waals surface area contributed by atoms with Crippen LogP contribution in [0.3, 0.4) is 0 Å². The summed E-state index contributed by atoms with van der Waals surface area (Å²) >= 11 is 0. The molecule has 0 amide bonds. The first-order valence-corrected chi connectivity index (χ1v) is 7.63. The van der Waals surface area contributed by atoms with Gasteiger partial charge in [0.1, 0.15) is 5.69 Å². The fourth-order valence-electron chi connectivity index (χ4n) is 2.68. The van der Waals surface area contributed by atoms with Crippen molar-refractivity contribution in [3.05, 3.63) is 30.2 Å². The van der Waals surface area contributed by atoms with Crippen molar-refractivity contribution in [1.29, 1.82) is 0 Å². The molecule has 0 radical (unpaired) electrons. The van der Waals surface area contributed by atoms with Crippen LogP contribution >= 0.6 is 0 Å². The Labute approximate surface area is 142 Å². The lowest BCUT2D eigenvalue weighted by atomic mass is 10.2. The van der Waals surface area contributed by atoms with Crippen LogP contribution in [-0.4, -0.2) is 53.2 Å². The number of likely N-dealkylation sites (N-methyl/N-ethyl adjacent to an activating group) is 1. The zero-order valence-corrected chi connectivity index (χ0v) is 13.7. The molecule has 1 fully saturated rings. The van der Waals surface area contributed by atoms with E-state index in [1.807, 2.05) is 4.90 Å². The van der Waals surface area contributed by atoms with Crippen molar-refractivity contribution in [3.8, 4) is 5.88 Å². The molecule has 25 heavy (non-hydrogen) atoms. The summed E-state index contributed by atoms with van der Waals surface area (Å²) in [7, 11) is 3.22. The largest absolute Gasteiger partial charge is 0.481 e. The summed E-state index contributed by atoms with van der Waals surface area (Å²) in [4.78, 5) is 19.7. The van der Waals surface area contributed by atoms with E-state index >= 15 is 0 Å². The zero-order valence-electron chi connectivity index (χ0n) is 13.7. The third-order valence-corrected chi connectivity index (χ3v) is 4.07. The van der Waals surface area contributed by atoms with E-state index in [1.165, 1.54) is 7.11 Å². The average molecular weight is 354 g/mol. The van der Waals surface area contributed by atoms with E-state index in [0.29, 0.717) is 24.9 Å². The minimum Gasteiger partial charge on any atom is -0.481 e. The molecule has 0 aliphatic carbocycles. The SMILES string of the molecule is COc1ccnc(N2CCC(N(C)c3nccc(C(F)(F)F)n3)C2)n1. The Morgan fingerprint density at radius 2 is 1.96 bits per heavy atom. The number of ether oxygens (including phenoxy) is 1. The van der Waals surface area contributed by atoms with Crippen molar-refractivity contribution in [1.82, 2.24) is 19.9 Å². The van der Waals surface area contributed by atoms with Crippen molar-refractivity contribution in [2.24, 2.45) is 0 Å². The fraction of sp³-hybridized carbons (Fsp3) is 0.467. The minimum atomic E-state index is -4.49. The highest BCUT2D eigenvalue weighted by molar-refractivity contribution is 5.39. The second-order valence-electron chi connectivity index (χ2n) is 5.64. The Balaban J connectivity index is 1.73. The van der Waals surface area contributed by atoms with Gasteiger partial charge in [-0.3, -0.25) is 0 Å². The van der Waals surface area contributed by atoms with Crippen LogP contribution in [0.1, 0.15) is 12.1 Å². The monoisotopic (exact) mass is 354 g/mol. The number of anilines is 2. The second-order valence-corrected chi connectivity index (χ2v) is 5.64. The molecule has 0 spiro atoms. The lowest BCUT2D eigenvalue weighted by molar-refractivity contribution is -0.141. The van der Waals surface area contributed by atoms with Crippen LogP contribution in [0.25, 0.3) is 0 Å². The van der Waals surface area contributed by atoms with Gasteiger partial charge in [-0.15, -0.1) is 0 Å². The van der Waals surface area contributed by atoms with E-state index in [1.54, 1.807) is 24.2 Å². The summed E-state index contributed by atoms with van der Waals surface area (Å²) in [5.41, 5.74) is -0.949. The second kappa shape index (κ2) is 6.69. The van der Waals surface area contributed by atoms with Gasteiger partial charge in [-0.2, -0.15) is 18.2 Å². The number of hydrogen-bond donors (Lipinski definition) is 0. The van der Waals surface area contributed by atoms with E-state index in [2.05, 4.69) is 19.9 Å². The average Bonchev–Trinajstić information content (AvgIpc) is 3.10. The molecule has 0 aromatic carbocycles. The summed E-state index contributed by atoms with van der Waals surface area (Å²) in [6.45, 7) is 1.24. The number of nitrogens with zero attached hydrogens (tertiary/aromatic N) is 6. The molecule has 1 unspecified atom stereocenters. The predicted molar refractivity (Wildman–Crippen MR) is 84.6 cm³/mol. The van der Waals surface area contributed by atoms with Gasteiger partial charge in [-0.25, -0.2) is 15.0 Å². The topological polar surface area (TPSA) is 67.3 Å². The minimum absolute atomic E-state index is 0.0433. The maximum atomic E-state index is 12.8. The summed E-state index contributed by atoms with van der Waals surface area (Å²) in [5.74, 6) is 1.04. The molecule has 2 aromatic heterocycles. The van der Waals surface area contributed by atoms with Gasteiger partial charge < -0.3 is 14.5 Å². The molecule has 1 saturated heterocycles. The molecule has 0 saturated carbocycles.